The standard InChI is InChI=1S/C39H47ClN2O8S2/c1-38(2)30-14-5-6-15-32(30)41(22-7-9-24-51(45,46)47)34(38)20-17-27-12-11-13-28(36(27)40)18-21-35-39(3,4)31-26-29(37(43)44)16-19-33(31)42(35)23-8-10-25-52(48,49)50/h5-6,14-21,26H,7-13,22-25H2,1-4H3,(H2-,43,44,45,46,47,48,49,50)/p+1. The van der Waals surface area contributed by atoms with Crippen molar-refractivity contribution in [2.45, 2.75) is 83.5 Å². The number of halogens is 1. The molecule has 0 atom stereocenters. The molecule has 10 nitrogen and oxygen atoms in total. The Balaban J connectivity index is 1.47. The summed E-state index contributed by atoms with van der Waals surface area (Å²) in [6.45, 7) is 9.51. The van der Waals surface area contributed by atoms with Crippen LogP contribution in [0, 0.1) is 0 Å². The van der Waals surface area contributed by atoms with Crippen LogP contribution in [-0.4, -0.2) is 71.9 Å². The molecule has 0 unspecified atom stereocenters. The highest BCUT2D eigenvalue weighted by molar-refractivity contribution is 7.86. The Morgan fingerprint density at radius 1 is 0.865 bits per heavy atom. The molecule has 3 N–H and O–H groups in total. The number of rotatable bonds is 14. The summed E-state index contributed by atoms with van der Waals surface area (Å²) in [4.78, 5) is 13.9. The Hall–Kier alpha value is -3.55. The number of benzene rings is 2. The van der Waals surface area contributed by atoms with Gasteiger partial charge >= 0.3 is 5.97 Å². The molecule has 0 aromatic heterocycles. The van der Waals surface area contributed by atoms with E-state index in [1.807, 2.05) is 38.1 Å². The monoisotopic (exact) mass is 771 g/mol. The van der Waals surface area contributed by atoms with Gasteiger partial charge in [-0.05, 0) is 93.4 Å². The number of anilines is 1. The lowest BCUT2D eigenvalue weighted by molar-refractivity contribution is -0.438. The Morgan fingerprint density at radius 3 is 2.21 bits per heavy atom. The number of para-hydroxylation sites is 1. The Labute approximate surface area is 312 Å². The molecule has 52 heavy (non-hydrogen) atoms. The molecular weight excluding hydrogens is 724 g/mol. The van der Waals surface area contributed by atoms with Gasteiger partial charge in [-0.15, -0.1) is 0 Å². The average Bonchev–Trinajstić information content (AvgIpc) is 3.41. The van der Waals surface area contributed by atoms with E-state index in [2.05, 4.69) is 47.6 Å². The van der Waals surface area contributed by atoms with Crippen molar-refractivity contribution >= 4 is 54.9 Å². The van der Waals surface area contributed by atoms with Crippen molar-refractivity contribution in [3.05, 3.63) is 105 Å². The van der Waals surface area contributed by atoms with Crippen molar-refractivity contribution in [1.82, 2.24) is 0 Å². The van der Waals surface area contributed by atoms with Crippen molar-refractivity contribution < 1.29 is 40.4 Å². The van der Waals surface area contributed by atoms with Crippen LogP contribution in [0.25, 0.3) is 0 Å². The lowest BCUT2D eigenvalue weighted by Crippen LogP contribution is -2.28. The van der Waals surface area contributed by atoms with E-state index in [0.717, 1.165) is 58.8 Å². The van der Waals surface area contributed by atoms with Gasteiger partial charge in [0.2, 0.25) is 5.69 Å². The third-order valence-electron chi connectivity index (χ3n) is 10.3. The zero-order chi connectivity index (χ0) is 38.1. The molecule has 0 spiro atoms. The van der Waals surface area contributed by atoms with Crippen molar-refractivity contribution in [2.24, 2.45) is 0 Å². The Bertz CT molecular complexity index is 2130. The largest absolute Gasteiger partial charge is 0.478 e. The van der Waals surface area contributed by atoms with Gasteiger partial charge in [0.05, 0.1) is 22.5 Å². The van der Waals surface area contributed by atoms with Crippen LogP contribution >= 0.6 is 11.6 Å². The van der Waals surface area contributed by atoms with E-state index in [1.165, 1.54) is 5.56 Å². The number of carbonyl (C=O) groups is 1. The maximum absolute atomic E-state index is 11.8. The number of hydrogen-bond donors (Lipinski definition) is 3. The lowest BCUT2D eigenvalue weighted by atomic mass is 9.81. The maximum atomic E-state index is 11.8. The second-order valence-corrected chi connectivity index (χ2v) is 18.3. The van der Waals surface area contributed by atoms with Crippen LogP contribution in [0.4, 0.5) is 11.4 Å². The summed E-state index contributed by atoms with van der Waals surface area (Å²) in [5.74, 6) is -1.62. The molecule has 1 aliphatic carbocycles. The summed E-state index contributed by atoms with van der Waals surface area (Å²) in [5, 5.41) is 10.4. The van der Waals surface area contributed by atoms with E-state index < -0.39 is 31.6 Å². The quantitative estimate of drug-likeness (QED) is 0.0988. The fourth-order valence-corrected chi connectivity index (χ4v) is 9.06. The molecule has 0 bridgehead atoms. The van der Waals surface area contributed by atoms with Gasteiger partial charge in [0, 0.05) is 52.5 Å². The SMILES string of the molecule is CC1(C)C(/C=C/C2=C(Cl)C(=C/C=C3/N(CCCCS(=O)(=O)O)c4ccc(C(=O)O)cc4C3(C)C)/CCC2)=[N+](CCCCS(=O)(=O)O)c2ccccc21. The first kappa shape index (κ1) is 39.7. The van der Waals surface area contributed by atoms with Crippen LogP contribution in [0.5, 0.6) is 0 Å². The molecule has 13 heteroatoms. The molecule has 280 valence electrons. The predicted octanol–water partition coefficient (Wildman–Crippen LogP) is 7.94. The number of allylic oxidation sites excluding steroid dienone is 8. The van der Waals surface area contributed by atoms with Crippen LogP contribution < -0.4 is 4.90 Å². The summed E-state index contributed by atoms with van der Waals surface area (Å²) in [6.07, 6.45) is 12.4. The number of aromatic carboxylic acids is 1. The van der Waals surface area contributed by atoms with Gasteiger partial charge in [0.1, 0.15) is 6.54 Å². The summed E-state index contributed by atoms with van der Waals surface area (Å²) >= 11 is 7.13. The molecule has 0 radical (unpaired) electrons. The first-order chi connectivity index (χ1) is 24.3. The Kier molecular flexibility index (Phi) is 11.8. The molecule has 2 heterocycles. The van der Waals surface area contributed by atoms with E-state index in [4.69, 9.17) is 11.6 Å². The van der Waals surface area contributed by atoms with Crippen LogP contribution in [0.15, 0.2) is 88.6 Å². The number of carboxylic acids is 1. The average molecular weight is 772 g/mol. The number of fused-ring (bicyclic) bond motifs is 2. The minimum absolute atomic E-state index is 0.190. The van der Waals surface area contributed by atoms with E-state index in [9.17, 15) is 35.8 Å². The van der Waals surface area contributed by atoms with Crippen molar-refractivity contribution in [3.8, 4) is 0 Å². The highest BCUT2D eigenvalue weighted by Crippen LogP contribution is 2.48. The van der Waals surface area contributed by atoms with E-state index in [1.54, 1.807) is 18.2 Å². The van der Waals surface area contributed by atoms with Gasteiger partial charge in [-0.25, -0.2) is 4.79 Å². The molecule has 2 aromatic carbocycles. The highest BCUT2D eigenvalue weighted by atomic mass is 35.5. The lowest BCUT2D eigenvalue weighted by Gasteiger charge is -2.27. The predicted molar refractivity (Wildman–Crippen MR) is 206 cm³/mol. The first-order valence-corrected chi connectivity index (χ1v) is 21.2. The van der Waals surface area contributed by atoms with Crippen LogP contribution in [0.1, 0.15) is 94.1 Å². The second-order valence-electron chi connectivity index (χ2n) is 14.7. The summed E-state index contributed by atoms with van der Waals surface area (Å²) in [5.41, 5.74) is 7.29. The molecule has 2 aromatic rings. The summed E-state index contributed by atoms with van der Waals surface area (Å²) in [7, 11) is -8.10. The van der Waals surface area contributed by atoms with E-state index in [0.29, 0.717) is 37.4 Å². The third-order valence-corrected chi connectivity index (χ3v) is 12.4. The van der Waals surface area contributed by atoms with Crippen molar-refractivity contribution in [1.29, 1.82) is 0 Å². The number of nitrogens with zero attached hydrogens (tertiary/aromatic N) is 2. The van der Waals surface area contributed by atoms with Gasteiger partial charge in [-0.2, -0.15) is 21.4 Å². The van der Waals surface area contributed by atoms with Gasteiger partial charge in [0.15, 0.2) is 5.71 Å². The molecule has 0 saturated heterocycles. The molecule has 5 rings (SSSR count). The highest BCUT2D eigenvalue weighted by Gasteiger charge is 2.44. The minimum atomic E-state index is -4.08. The molecular formula is C39H48ClN2O8S2+. The molecule has 0 amide bonds. The van der Waals surface area contributed by atoms with Gasteiger partial charge < -0.3 is 10.0 Å². The molecule has 0 saturated carbocycles. The minimum Gasteiger partial charge on any atom is -0.478 e. The summed E-state index contributed by atoms with van der Waals surface area (Å²) in [6, 6.07) is 13.3. The van der Waals surface area contributed by atoms with Crippen LogP contribution in [-0.2, 0) is 31.1 Å². The van der Waals surface area contributed by atoms with Gasteiger partial charge in [-0.1, -0.05) is 55.8 Å². The zero-order valence-electron chi connectivity index (χ0n) is 30.1. The zero-order valence-corrected chi connectivity index (χ0v) is 32.5. The van der Waals surface area contributed by atoms with Gasteiger partial charge in [0.25, 0.3) is 20.2 Å². The Morgan fingerprint density at radius 2 is 1.54 bits per heavy atom. The number of unbranched alkanes of at least 4 members (excludes halogenated alkanes) is 2. The van der Waals surface area contributed by atoms with Crippen molar-refractivity contribution in [3.63, 3.8) is 0 Å². The number of hydrogen-bond acceptors (Lipinski definition) is 6. The number of carboxylic acid groups (broad SMARTS) is 1. The summed E-state index contributed by atoms with van der Waals surface area (Å²) < 4.78 is 66.0. The van der Waals surface area contributed by atoms with Crippen molar-refractivity contribution in [2.75, 3.05) is 29.5 Å². The van der Waals surface area contributed by atoms with Crippen LogP contribution in [0.2, 0.25) is 0 Å². The second kappa shape index (κ2) is 15.4. The molecule has 3 aliphatic rings. The smallest absolute Gasteiger partial charge is 0.335 e. The molecule has 0 fully saturated rings. The van der Waals surface area contributed by atoms with Gasteiger partial charge in [-0.3, -0.25) is 9.11 Å². The van der Waals surface area contributed by atoms with Crippen LogP contribution in [0.3, 0.4) is 0 Å². The fraction of sp³-hybridized carbons (Fsp3) is 0.436. The molecule has 2 aliphatic heterocycles. The maximum Gasteiger partial charge on any atom is 0.335 e. The first-order valence-electron chi connectivity index (χ1n) is 17.6. The third kappa shape index (κ3) is 8.80. The normalized spacial score (nSPS) is 20.0. The van der Waals surface area contributed by atoms with E-state index >= 15 is 0 Å². The van der Waals surface area contributed by atoms with E-state index in [-0.39, 0.29) is 28.9 Å². The topological polar surface area (TPSA) is 152 Å². The fourth-order valence-electron chi connectivity index (χ4n) is 7.61.